The van der Waals surface area contributed by atoms with E-state index < -0.39 is 11.4 Å². The van der Waals surface area contributed by atoms with Crippen LogP contribution in [-0.4, -0.2) is 17.7 Å². The molecule has 18 heavy (non-hydrogen) atoms. The molecule has 0 atom stereocenters. The summed E-state index contributed by atoms with van der Waals surface area (Å²) in [6.45, 7) is 9.81. The maximum absolute atomic E-state index is 11.0. The lowest BCUT2D eigenvalue weighted by atomic mass is 9.86. The number of hydrogen-bond acceptors (Lipinski definition) is 2. The van der Waals surface area contributed by atoms with Crippen LogP contribution in [0, 0.1) is 5.41 Å². The van der Waals surface area contributed by atoms with Crippen molar-refractivity contribution in [2.45, 2.75) is 40.0 Å². The summed E-state index contributed by atoms with van der Waals surface area (Å²) in [5.41, 5.74) is 0.181. The summed E-state index contributed by atoms with van der Waals surface area (Å²) in [4.78, 5) is 11.0. The third kappa shape index (κ3) is 3.49. The summed E-state index contributed by atoms with van der Waals surface area (Å²) in [6, 6.07) is 7.77. The molecule has 0 spiro atoms. The van der Waals surface area contributed by atoms with E-state index >= 15 is 0 Å². The summed E-state index contributed by atoms with van der Waals surface area (Å²) in [7, 11) is 0. The van der Waals surface area contributed by atoms with Crippen LogP contribution >= 0.6 is 0 Å². The highest BCUT2D eigenvalue weighted by Gasteiger charge is 2.29. The van der Waals surface area contributed by atoms with E-state index in [1.165, 1.54) is 0 Å². The Morgan fingerprint density at radius 3 is 2.22 bits per heavy atom. The number of aliphatic carboxylic acids is 1. The number of para-hydroxylation sites is 1. The largest absolute Gasteiger partial charge is 0.492 e. The van der Waals surface area contributed by atoms with Crippen LogP contribution in [0.1, 0.15) is 40.2 Å². The smallest absolute Gasteiger partial charge is 0.312 e. The first-order valence-corrected chi connectivity index (χ1v) is 6.10. The fourth-order valence-corrected chi connectivity index (χ4v) is 1.53. The van der Waals surface area contributed by atoms with Crippen LogP contribution in [0.15, 0.2) is 24.3 Å². The Labute approximate surface area is 109 Å². The number of carbonyl (C=O) groups is 1. The van der Waals surface area contributed by atoms with Crippen LogP contribution in [-0.2, 0) is 10.2 Å². The molecule has 1 aromatic carbocycles. The lowest BCUT2D eigenvalue weighted by molar-refractivity contribution is -0.148. The van der Waals surface area contributed by atoms with Crippen LogP contribution in [0.3, 0.4) is 0 Å². The molecule has 1 N–H and O–H groups in total. The van der Waals surface area contributed by atoms with Gasteiger partial charge >= 0.3 is 5.97 Å². The van der Waals surface area contributed by atoms with Gasteiger partial charge in [-0.25, -0.2) is 0 Å². The van der Waals surface area contributed by atoms with Crippen molar-refractivity contribution in [1.82, 2.24) is 0 Å². The van der Waals surface area contributed by atoms with Gasteiger partial charge < -0.3 is 9.84 Å². The normalized spacial score (nSPS) is 12.3. The molecule has 0 aromatic heterocycles. The molecule has 0 amide bonds. The quantitative estimate of drug-likeness (QED) is 0.890. The Kier molecular flexibility index (Phi) is 4.05. The third-order valence-electron chi connectivity index (χ3n) is 2.86. The topological polar surface area (TPSA) is 46.5 Å². The molecule has 3 heteroatoms. The molecule has 0 heterocycles. The Hall–Kier alpha value is -1.51. The van der Waals surface area contributed by atoms with Gasteiger partial charge in [0.05, 0.1) is 5.41 Å². The standard InChI is InChI=1S/C15H22O3/c1-14(2,3)11-8-6-7-9-12(11)18-10-15(4,5)13(16)17/h6-9H,10H2,1-5H3,(H,16,17). The van der Waals surface area contributed by atoms with Crippen molar-refractivity contribution in [2.75, 3.05) is 6.61 Å². The molecular weight excluding hydrogens is 228 g/mol. The molecule has 1 aromatic rings. The van der Waals surface area contributed by atoms with Gasteiger partial charge in [-0.15, -0.1) is 0 Å². The number of hydrogen-bond donors (Lipinski definition) is 1. The van der Waals surface area contributed by atoms with Crippen molar-refractivity contribution >= 4 is 5.97 Å². The van der Waals surface area contributed by atoms with Gasteiger partial charge in [0.1, 0.15) is 12.4 Å². The summed E-state index contributed by atoms with van der Waals surface area (Å²) in [6.07, 6.45) is 0. The molecule has 0 bridgehead atoms. The van der Waals surface area contributed by atoms with Crippen molar-refractivity contribution in [3.8, 4) is 5.75 Å². The van der Waals surface area contributed by atoms with Gasteiger partial charge in [-0.05, 0) is 30.9 Å². The molecule has 0 aliphatic heterocycles. The Bertz CT molecular complexity index is 428. The van der Waals surface area contributed by atoms with Gasteiger partial charge in [0.2, 0.25) is 0 Å². The summed E-state index contributed by atoms with van der Waals surface area (Å²) >= 11 is 0. The SMILES string of the molecule is CC(C)(COc1ccccc1C(C)(C)C)C(=O)O. The zero-order valence-corrected chi connectivity index (χ0v) is 11.8. The van der Waals surface area contributed by atoms with Gasteiger partial charge in [-0.1, -0.05) is 39.0 Å². The van der Waals surface area contributed by atoms with Crippen molar-refractivity contribution < 1.29 is 14.6 Å². The van der Waals surface area contributed by atoms with E-state index in [2.05, 4.69) is 20.8 Å². The molecule has 1 rings (SSSR count). The van der Waals surface area contributed by atoms with E-state index in [4.69, 9.17) is 9.84 Å². The van der Waals surface area contributed by atoms with Crippen LogP contribution in [0.25, 0.3) is 0 Å². The van der Waals surface area contributed by atoms with Crippen LogP contribution in [0.4, 0.5) is 0 Å². The Morgan fingerprint density at radius 2 is 1.72 bits per heavy atom. The fourth-order valence-electron chi connectivity index (χ4n) is 1.53. The Morgan fingerprint density at radius 1 is 1.17 bits per heavy atom. The van der Waals surface area contributed by atoms with E-state index in [0.29, 0.717) is 0 Å². The second-order valence-electron chi connectivity index (χ2n) is 6.22. The first-order chi connectivity index (χ1) is 8.14. The molecule has 0 unspecified atom stereocenters. The highest BCUT2D eigenvalue weighted by atomic mass is 16.5. The summed E-state index contributed by atoms with van der Waals surface area (Å²) < 4.78 is 5.71. The van der Waals surface area contributed by atoms with Crippen LogP contribution in [0.5, 0.6) is 5.75 Å². The number of rotatable bonds is 4. The van der Waals surface area contributed by atoms with Crippen molar-refractivity contribution in [3.05, 3.63) is 29.8 Å². The molecule has 0 fully saturated rings. The minimum absolute atomic E-state index is 0.0238. The van der Waals surface area contributed by atoms with E-state index in [1.54, 1.807) is 13.8 Å². The predicted molar refractivity (Wildman–Crippen MR) is 72.1 cm³/mol. The second kappa shape index (κ2) is 5.01. The number of carboxylic acid groups (broad SMARTS) is 1. The molecule has 0 saturated heterocycles. The molecule has 0 aliphatic rings. The highest BCUT2D eigenvalue weighted by molar-refractivity contribution is 5.73. The third-order valence-corrected chi connectivity index (χ3v) is 2.86. The van der Waals surface area contributed by atoms with E-state index in [9.17, 15) is 4.79 Å². The zero-order valence-electron chi connectivity index (χ0n) is 11.8. The minimum Gasteiger partial charge on any atom is -0.492 e. The van der Waals surface area contributed by atoms with Crippen LogP contribution in [0.2, 0.25) is 0 Å². The van der Waals surface area contributed by atoms with Crippen molar-refractivity contribution in [2.24, 2.45) is 5.41 Å². The van der Waals surface area contributed by atoms with Crippen LogP contribution < -0.4 is 4.74 Å². The molecule has 0 saturated carbocycles. The average Bonchev–Trinajstić information content (AvgIpc) is 2.25. The number of benzene rings is 1. The summed E-state index contributed by atoms with van der Waals surface area (Å²) in [5, 5.41) is 9.07. The second-order valence-corrected chi connectivity index (χ2v) is 6.22. The average molecular weight is 250 g/mol. The first-order valence-electron chi connectivity index (χ1n) is 6.10. The molecule has 0 aliphatic carbocycles. The van der Waals surface area contributed by atoms with Gasteiger partial charge in [-0.3, -0.25) is 4.79 Å². The zero-order chi connectivity index (χ0) is 14.0. The van der Waals surface area contributed by atoms with Gasteiger partial charge in [0.15, 0.2) is 0 Å². The van der Waals surface area contributed by atoms with Gasteiger partial charge in [-0.2, -0.15) is 0 Å². The molecule has 3 nitrogen and oxygen atoms in total. The highest BCUT2D eigenvalue weighted by Crippen LogP contribution is 2.32. The molecular formula is C15H22O3. The van der Waals surface area contributed by atoms with E-state index in [-0.39, 0.29) is 12.0 Å². The van der Waals surface area contributed by atoms with Crippen molar-refractivity contribution in [1.29, 1.82) is 0 Å². The van der Waals surface area contributed by atoms with E-state index in [0.717, 1.165) is 11.3 Å². The fraction of sp³-hybridized carbons (Fsp3) is 0.533. The number of ether oxygens (including phenoxy) is 1. The monoisotopic (exact) mass is 250 g/mol. The Balaban J connectivity index is 2.90. The van der Waals surface area contributed by atoms with Gasteiger partial charge in [0.25, 0.3) is 0 Å². The maximum atomic E-state index is 11.0. The molecule has 0 radical (unpaired) electrons. The predicted octanol–water partition coefficient (Wildman–Crippen LogP) is 3.47. The maximum Gasteiger partial charge on any atom is 0.312 e. The number of carboxylic acids is 1. The van der Waals surface area contributed by atoms with E-state index in [1.807, 2.05) is 24.3 Å². The van der Waals surface area contributed by atoms with Gasteiger partial charge in [0, 0.05) is 0 Å². The summed E-state index contributed by atoms with van der Waals surface area (Å²) in [5.74, 6) is -0.0879. The lowest BCUT2D eigenvalue weighted by Crippen LogP contribution is -2.31. The first kappa shape index (κ1) is 14.6. The molecule has 100 valence electrons. The minimum atomic E-state index is -0.884. The van der Waals surface area contributed by atoms with Crippen molar-refractivity contribution in [3.63, 3.8) is 0 Å². The lowest BCUT2D eigenvalue weighted by Gasteiger charge is -2.25.